The monoisotopic (exact) mass is 392 g/mol. The van der Waals surface area contributed by atoms with E-state index in [-0.39, 0.29) is 6.03 Å². The average Bonchev–Trinajstić information content (AvgIpc) is 2.76. The highest BCUT2D eigenvalue weighted by Crippen LogP contribution is 2.30. The maximum Gasteiger partial charge on any atom is 0.326 e. The number of rotatable bonds is 7. The number of aromatic nitrogens is 2. The summed E-state index contributed by atoms with van der Waals surface area (Å²) in [5.41, 5.74) is 1.69. The second-order valence-corrected chi connectivity index (χ2v) is 7.35. The van der Waals surface area contributed by atoms with E-state index in [1.807, 2.05) is 6.92 Å². The van der Waals surface area contributed by atoms with Crippen molar-refractivity contribution in [1.82, 2.24) is 9.97 Å². The molecule has 0 aromatic carbocycles. The van der Waals surface area contributed by atoms with Gasteiger partial charge in [-0.25, -0.2) is 9.78 Å². The molecular formula is C22H28N6O. The molecule has 1 saturated carbocycles. The van der Waals surface area contributed by atoms with Crippen molar-refractivity contribution >= 4 is 23.2 Å². The van der Waals surface area contributed by atoms with Crippen LogP contribution in [0.15, 0.2) is 36.8 Å². The second-order valence-electron chi connectivity index (χ2n) is 7.35. The fourth-order valence-corrected chi connectivity index (χ4v) is 3.77. The Morgan fingerprint density at radius 2 is 2.14 bits per heavy atom. The highest BCUT2D eigenvalue weighted by Gasteiger charge is 2.23. The lowest BCUT2D eigenvalue weighted by Crippen LogP contribution is -2.37. The Morgan fingerprint density at radius 3 is 2.83 bits per heavy atom. The molecule has 152 valence electrons. The van der Waals surface area contributed by atoms with Crippen molar-refractivity contribution in [3.8, 4) is 6.07 Å². The number of pyridine rings is 2. The Balaban J connectivity index is 1.86. The number of carbonyl (C=O) groups excluding carboxylic acids is 1. The minimum absolute atomic E-state index is 0.246. The van der Waals surface area contributed by atoms with Crippen LogP contribution < -0.4 is 15.5 Å². The normalized spacial score (nSPS) is 14.1. The fourth-order valence-electron chi connectivity index (χ4n) is 3.77. The van der Waals surface area contributed by atoms with Gasteiger partial charge in [-0.15, -0.1) is 0 Å². The van der Waals surface area contributed by atoms with Crippen LogP contribution in [-0.2, 0) is 0 Å². The molecule has 7 nitrogen and oxygen atoms in total. The number of hydrogen-bond acceptors (Lipinski definition) is 5. The molecule has 2 aromatic rings. The number of urea groups is 1. The van der Waals surface area contributed by atoms with Gasteiger partial charge in [0.25, 0.3) is 0 Å². The molecule has 0 bridgehead atoms. The van der Waals surface area contributed by atoms with Crippen molar-refractivity contribution in [3.63, 3.8) is 0 Å². The van der Waals surface area contributed by atoms with Crippen molar-refractivity contribution in [3.05, 3.63) is 42.4 Å². The fraction of sp³-hybridized carbons (Fsp3) is 0.455. The van der Waals surface area contributed by atoms with Gasteiger partial charge < -0.3 is 10.6 Å². The van der Waals surface area contributed by atoms with Gasteiger partial charge in [-0.05, 0) is 37.5 Å². The lowest BCUT2D eigenvalue weighted by Gasteiger charge is -2.28. The zero-order valence-corrected chi connectivity index (χ0v) is 16.9. The Bertz CT molecular complexity index is 842. The van der Waals surface area contributed by atoms with Crippen molar-refractivity contribution in [1.29, 1.82) is 5.26 Å². The third-order valence-electron chi connectivity index (χ3n) is 5.28. The first-order valence-electron chi connectivity index (χ1n) is 10.3. The summed E-state index contributed by atoms with van der Waals surface area (Å²) in [7, 11) is 0. The highest BCUT2D eigenvalue weighted by molar-refractivity contribution is 6.03. The number of anilines is 3. The molecule has 0 spiro atoms. The summed E-state index contributed by atoms with van der Waals surface area (Å²) in [5, 5.41) is 15.5. The highest BCUT2D eigenvalue weighted by atomic mass is 16.2. The second kappa shape index (κ2) is 10.4. The predicted octanol–water partition coefficient (Wildman–Crippen LogP) is 4.79. The number of nitrogens with one attached hydrogen (secondary N) is 2. The van der Waals surface area contributed by atoms with Gasteiger partial charge in [0.2, 0.25) is 0 Å². The summed E-state index contributed by atoms with van der Waals surface area (Å²) >= 11 is 0. The Kier molecular flexibility index (Phi) is 7.40. The van der Waals surface area contributed by atoms with E-state index in [9.17, 15) is 10.1 Å². The van der Waals surface area contributed by atoms with Crippen LogP contribution in [0.1, 0.15) is 51.0 Å². The summed E-state index contributed by atoms with van der Waals surface area (Å²) in [6.45, 7) is 3.23. The zero-order chi connectivity index (χ0) is 20.5. The van der Waals surface area contributed by atoms with E-state index < -0.39 is 0 Å². The molecule has 1 aliphatic carbocycles. The maximum absolute atomic E-state index is 13.2. The van der Waals surface area contributed by atoms with E-state index in [0.717, 1.165) is 6.42 Å². The Morgan fingerprint density at radius 1 is 1.31 bits per heavy atom. The third kappa shape index (κ3) is 5.67. The summed E-state index contributed by atoms with van der Waals surface area (Å²) in [6.07, 6.45) is 12.0. The lowest BCUT2D eigenvalue weighted by atomic mass is 9.87. The van der Waals surface area contributed by atoms with Crippen LogP contribution in [0, 0.1) is 17.2 Å². The van der Waals surface area contributed by atoms with E-state index in [0.29, 0.717) is 41.8 Å². The molecule has 2 N–H and O–H groups in total. The topological polar surface area (TPSA) is 93.9 Å². The summed E-state index contributed by atoms with van der Waals surface area (Å²) in [4.78, 5) is 23.3. The van der Waals surface area contributed by atoms with Gasteiger partial charge >= 0.3 is 6.03 Å². The van der Waals surface area contributed by atoms with Gasteiger partial charge in [0.1, 0.15) is 11.9 Å². The van der Waals surface area contributed by atoms with Gasteiger partial charge in [-0.2, -0.15) is 5.26 Å². The zero-order valence-electron chi connectivity index (χ0n) is 16.9. The third-order valence-corrected chi connectivity index (χ3v) is 5.28. The van der Waals surface area contributed by atoms with Crippen LogP contribution in [0.5, 0.6) is 0 Å². The van der Waals surface area contributed by atoms with E-state index in [2.05, 4.69) is 26.7 Å². The number of nitrogens with zero attached hydrogens (tertiary/aromatic N) is 4. The SMILES string of the molecule is CCNc1ncc(C#N)cc1N(CCC1CCCCC1)C(=O)Nc1cccnc1. The van der Waals surface area contributed by atoms with Crippen LogP contribution in [-0.4, -0.2) is 29.1 Å². The number of hydrogen-bond donors (Lipinski definition) is 2. The molecule has 2 amide bonds. The molecular weight excluding hydrogens is 364 g/mol. The number of amides is 2. The molecule has 7 heteroatoms. The van der Waals surface area contributed by atoms with Gasteiger partial charge in [0.05, 0.1) is 23.1 Å². The Hall–Kier alpha value is -3.14. The molecule has 2 aromatic heterocycles. The molecule has 29 heavy (non-hydrogen) atoms. The Labute approximate surface area is 172 Å². The summed E-state index contributed by atoms with van der Waals surface area (Å²) in [6, 6.07) is 7.20. The van der Waals surface area contributed by atoms with E-state index in [1.54, 1.807) is 35.5 Å². The van der Waals surface area contributed by atoms with E-state index >= 15 is 0 Å². The first-order valence-corrected chi connectivity index (χ1v) is 10.3. The molecule has 3 rings (SSSR count). The van der Waals surface area contributed by atoms with Crippen LogP contribution in [0.2, 0.25) is 0 Å². The predicted molar refractivity (Wildman–Crippen MR) is 115 cm³/mol. The molecule has 0 radical (unpaired) electrons. The smallest absolute Gasteiger partial charge is 0.326 e. The standard InChI is InChI=1S/C22H28N6O/c1-2-25-21-20(13-18(14-23)15-26-21)28(12-10-17-7-4-3-5-8-17)22(29)27-19-9-6-11-24-16-19/h6,9,11,13,15-17H,2-5,7-8,10,12H2,1H3,(H,25,26)(H,27,29). The number of nitriles is 1. The quantitative estimate of drug-likeness (QED) is 0.706. The molecule has 0 unspecified atom stereocenters. The van der Waals surface area contributed by atoms with Crippen molar-refractivity contribution in [2.45, 2.75) is 45.4 Å². The molecule has 0 saturated heterocycles. The largest absolute Gasteiger partial charge is 0.369 e. The molecule has 1 aliphatic rings. The van der Waals surface area contributed by atoms with Gasteiger partial charge in [-0.1, -0.05) is 32.1 Å². The van der Waals surface area contributed by atoms with Crippen LogP contribution in [0.4, 0.5) is 22.0 Å². The van der Waals surface area contributed by atoms with Crippen molar-refractivity contribution < 1.29 is 4.79 Å². The summed E-state index contributed by atoms with van der Waals surface area (Å²) in [5.74, 6) is 1.24. The number of carbonyl (C=O) groups is 1. The van der Waals surface area contributed by atoms with Gasteiger partial charge in [0.15, 0.2) is 0 Å². The van der Waals surface area contributed by atoms with Crippen molar-refractivity contribution in [2.24, 2.45) is 5.92 Å². The molecule has 1 fully saturated rings. The first kappa shape index (κ1) is 20.6. The molecule has 2 heterocycles. The van der Waals surface area contributed by atoms with Crippen molar-refractivity contribution in [2.75, 3.05) is 28.6 Å². The van der Waals surface area contributed by atoms with Gasteiger partial charge in [-0.3, -0.25) is 9.88 Å². The summed E-state index contributed by atoms with van der Waals surface area (Å²) < 4.78 is 0. The lowest BCUT2D eigenvalue weighted by molar-refractivity contribution is 0.255. The van der Waals surface area contributed by atoms with E-state index in [1.165, 1.54) is 38.3 Å². The minimum Gasteiger partial charge on any atom is -0.369 e. The minimum atomic E-state index is -0.246. The average molecular weight is 393 g/mol. The van der Waals surface area contributed by atoms with Crippen LogP contribution >= 0.6 is 0 Å². The van der Waals surface area contributed by atoms with Crippen LogP contribution in [0.3, 0.4) is 0 Å². The van der Waals surface area contributed by atoms with Gasteiger partial charge in [0, 0.05) is 25.5 Å². The molecule has 0 atom stereocenters. The molecule has 0 aliphatic heterocycles. The van der Waals surface area contributed by atoms with Crippen LogP contribution in [0.25, 0.3) is 0 Å². The first-order chi connectivity index (χ1) is 14.2. The maximum atomic E-state index is 13.2. The van der Waals surface area contributed by atoms with E-state index in [4.69, 9.17) is 0 Å².